The van der Waals surface area contributed by atoms with Gasteiger partial charge < -0.3 is 14.5 Å². The van der Waals surface area contributed by atoms with Crippen LogP contribution in [0.4, 0.5) is 5.00 Å². The molecule has 1 amide bonds. The molecule has 4 rings (SSSR count). The molecule has 1 N–H and O–H groups in total. The number of amides is 1. The SMILES string of the molecule is CCCn1c(SCC(=O)Nc2scc(-c3ccccc3)c2C(=O)OCC)nnc1-c1ccc(Br)o1. The molecule has 0 aliphatic carbocycles. The first-order valence-electron chi connectivity index (χ1n) is 11.0. The van der Waals surface area contributed by atoms with E-state index in [1.165, 1.54) is 23.1 Å². The van der Waals surface area contributed by atoms with Crippen LogP contribution < -0.4 is 5.32 Å². The molecule has 1 aromatic carbocycles. The Labute approximate surface area is 219 Å². The molecule has 182 valence electrons. The lowest BCUT2D eigenvalue weighted by atomic mass is 10.0. The fraction of sp³-hybridized carbons (Fsp3) is 0.250. The maximum Gasteiger partial charge on any atom is 0.341 e. The minimum Gasteiger partial charge on any atom is -0.462 e. The Morgan fingerprint density at radius 1 is 1.17 bits per heavy atom. The van der Waals surface area contributed by atoms with E-state index in [0.717, 1.165) is 17.5 Å². The number of rotatable bonds is 10. The molecule has 3 heterocycles. The van der Waals surface area contributed by atoms with E-state index < -0.39 is 5.97 Å². The largest absolute Gasteiger partial charge is 0.462 e. The third kappa shape index (κ3) is 5.85. The number of esters is 1. The number of hydrogen-bond donors (Lipinski definition) is 1. The number of aromatic nitrogens is 3. The van der Waals surface area contributed by atoms with Crippen LogP contribution in [0.5, 0.6) is 0 Å². The number of thioether (sulfide) groups is 1. The number of nitrogens with zero attached hydrogens (tertiary/aromatic N) is 3. The van der Waals surface area contributed by atoms with Gasteiger partial charge in [-0.2, -0.15) is 0 Å². The second-order valence-electron chi connectivity index (χ2n) is 7.34. The van der Waals surface area contributed by atoms with Crippen molar-refractivity contribution in [3.63, 3.8) is 0 Å². The van der Waals surface area contributed by atoms with Gasteiger partial charge in [-0.05, 0) is 47.0 Å². The van der Waals surface area contributed by atoms with E-state index in [1.807, 2.05) is 46.3 Å². The van der Waals surface area contributed by atoms with Crippen molar-refractivity contribution in [3.8, 4) is 22.7 Å². The number of anilines is 1. The van der Waals surface area contributed by atoms with E-state index in [2.05, 4.69) is 38.4 Å². The highest BCUT2D eigenvalue weighted by Crippen LogP contribution is 2.36. The molecule has 0 atom stereocenters. The number of ether oxygens (including phenoxy) is 1. The lowest BCUT2D eigenvalue weighted by molar-refractivity contribution is -0.113. The number of carbonyl (C=O) groups is 2. The molecule has 0 aliphatic rings. The summed E-state index contributed by atoms with van der Waals surface area (Å²) in [7, 11) is 0. The molecule has 3 aromatic heterocycles. The quantitative estimate of drug-likeness (QED) is 0.174. The predicted molar refractivity (Wildman–Crippen MR) is 141 cm³/mol. The second kappa shape index (κ2) is 11.7. The van der Waals surface area contributed by atoms with Crippen molar-refractivity contribution >= 4 is 55.9 Å². The van der Waals surface area contributed by atoms with Crippen molar-refractivity contribution < 1.29 is 18.7 Å². The monoisotopic (exact) mass is 574 g/mol. The summed E-state index contributed by atoms with van der Waals surface area (Å²) in [5.74, 6) is 0.587. The van der Waals surface area contributed by atoms with Crippen LogP contribution >= 0.6 is 39.0 Å². The van der Waals surface area contributed by atoms with Crippen LogP contribution in [0.3, 0.4) is 0 Å². The number of furan rings is 1. The molecule has 35 heavy (non-hydrogen) atoms. The minimum atomic E-state index is -0.465. The van der Waals surface area contributed by atoms with Crippen molar-refractivity contribution in [2.24, 2.45) is 0 Å². The van der Waals surface area contributed by atoms with E-state index in [1.54, 1.807) is 13.0 Å². The number of benzene rings is 1. The smallest absolute Gasteiger partial charge is 0.341 e. The number of nitrogens with one attached hydrogen (secondary N) is 1. The molecule has 0 unspecified atom stereocenters. The van der Waals surface area contributed by atoms with Crippen LogP contribution in [-0.2, 0) is 16.1 Å². The van der Waals surface area contributed by atoms with E-state index in [9.17, 15) is 9.59 Å². The van der Waals surface area contributed by atoms with Crippen LogP contribution in [-0.4, -0.2) is 39.0 Å². The van der Waals surface area contributed by atoms with Crippen LogP contribution in [0, 0.1) is 0 Å². The molecular formula is C24H23BrN4O4S2. The highest BCUT2D eigenvalue weighted by atomic mass is 79.9. The van der Waals surface area contributed by atoms with Gasteiger partial charge in [-0.1, -0.05) is 49.0 Å². The van der Waals surface area contributed by atoms with Gasteiger partial charge in [0, 0.05) is 17.5 Å². The van der Waals surface area contributed by atoms with Gasteiger partial charge in [0.05, 0.1) is 12.4 Å². The number of carbonyl (C=O) groups excluding carboxylic acids is 2. The Morgan fingerprint density at radius 2 is 1.97 bits per heavy atom. The van der Waals surface area contributed by atoms with Crippen molar-refractivity contribution in [2.45, 2.75) is 32.0 Å². The van der Waals surface area contributed by atoms with Crippen LogP contribution in [0.15, 0.2) is 62.1 Å². The molecule has 0 saturated carbocycles. The van der Waals surface area contributed by atoms with Crippen molar-refractivity contribution in [2.75, 3.05) is 17.7 Å². The minimum absolute atomic E-state index is 0.102. The van der Waals surface area contributed by atoms with E-state index in [4.69, 9.17) is 9.15 Å². The summed E-state index contributed by atoms with van der Waals surface area (Å²) in [4.78, 5) is 25.6. The van der Waals surface area contributed by atoms with Gasteiger partial charge in [-0.15, -0.1) is 21.5 Å². The zero-order chi connectivity index (χ0) is 24.8. The van der Waals surface area contributed by atoms with Crippen LogP contribution in [0.1, 0.15) is 30.6 Å². The maximum absolute atomic E-state index is 12.9. The normalized spacial score (nSPS) is 10.9. The molecule has 0 spiro atoms. The summed E-state index contributed by atoms with van der Waals surface area (Å²) in [6, 6.07) is 13.2. The summed E-state index contributed by atoms with van der Waals surface area (Å²) in [5, 5.41) is 14.3. The molecule has 0 radical (unpaired) electrons. The Bertz CT molecular complexity index is 1320. The van der Waals surface area contributed by atoms with Crippen LogP contribution in [0.25, 0.3) is 22.7 Å². The van der Waals surface area contributed by atoms with Gasteiger partial charge in [-0.25, -0.2) is 4.79 Å². The highest BCUT2D eigenvalue weighted by molar-refractivity contribution is 9.10. The van der Waals surface area contributed by atoms with Crippen LogP contribution in [0.2, 0.25) is 0 Å². The average Bonchev–Trinajstić information content (AvgIpc) is 3.57. The van der Waals surface area contributed by atoms with Crippen molar-refractivity contribution in [3.05, 3.63) is 58.1 Å². The number of hydrogen-bond acceptors (Lipinski definition) is 8. The molecular weight excluding hydrogens is 552 g/mol. The molecule has 4 aromatic rings. The van der Waals surface area contributed by atoms with E-state index in [-0.39, 0.29) is 18.3 Å². The summed E-state index contributed by atoms with van der Waals surface area (Å²) in [6.45, 7) is 4.74. The Hall–Kier alpha value is -2.89. The first-order chi connectivity index (χ1) is 17.0. The summed E-state index contributed by atoms with van der Waals surface area (Å²) in [6.07, 6.45) is 0.868. The third-order valence-corrected chi connectivity index (χ3v) is 7.19. The zero-order valence-electron chi connectivity index (χ0n) is 19.1. The fourth-order valence-electron chi connectivity index (χ4n) is 3.42. The second-order valence-corrected chi connectivity index (χ2v) is 9.94. The molecule has 0 bridgehead atoms. The fourth-order valence-corrected chi connectivity index (χ4v) is 5.46. The summed E-state index contributed by atoms with van der Waals surface area (Å²) < 4.78 is 13.4. The van der Waals surface area contributed by atoms with Gasteiger partial charge in [0.15, 0.2) is 15.6 Å². The number of thiophene rings is 1. The van der Waals surface area contributed by atoms with E-state index >= 15 is 0 Å². The molecule has 0 aliphatic heterocycles. The first kappa shape index (κ1) is 25.2. The lowest BCUT2D eigenvalue weighted by Crippen LogP contribution is -2.17. The predicted octanol–water partition coefficient (Wildman–Crippen LogP) is 6.35. The lowest BCUT2D eigenvalue weighted by Gasteiger charge is -2.09. The molecule has 0 saturated heterocycles. The van der Waals surface area contributed by atoms with Gasteiger partial charge in [0.25, 0.3) is 0 Å². The highest BCUT2D eigenvalue weighted by Gasteiger charge is 2.23. The first-order valence-corrected chi connectivity index (χ1v) is 13.6. The number of halogens is 1. The molecule has 0 fully saturated rings. The zero-order valence-corrected chi connectivity index (χ0v) is 22.3. The summed E-state index contributed by atoms with van der Waals surface area (Å²) in [5.41, 5.74) is 1.97. The Balaban J connectivity index is 1.51. The maximum atomic E-state index is 12.9. The Morgan fingerprint density at radius 3 is 2.66 bits per heavy atom. The standard InChI is InChI=1S/C24H23BrN4O4S2/c1-3-12-29-21(17-10-11-18(25)33-17)27-28-24(29)35-14-19(30)26-22-20(23(31)32-4-2)16(13-34-22)15-8-6-5-7-9-15/h5-11,13H,3-4,12,14H2,1-2H3,(H,26,30). The van der Waals surface area contributed by atoms with Gasteiger partial charge in [-0.3, -0.25) is 9.36 Å². The Kier molecular flexibility index (Phi) is 8.42. The topological polar surface area (TPSA) is 99.2 Å². The molecule has 8 nitrogen and oxygen atoms in total. The average molecular weight is 576 g/mol. The van der Waals surface area contributed by atoms with Crippen molar-refractivity contribution in [1.82, 2.24) is 14.8 Å². The van der Waals surface area contributed by atoms with Gasteiger partial charge in [0.1, 0.15) is 10.6 Å². The van der Waals surface area contributed by atoms with Crippen molar-refractivity contribution in [1.29, 1.82) is 0 Å². The van der Waals surface area contributed by atoms with E-state index in [0.29, 0.717) is 38.5 Å². The summed E-state index contributed by atoms with van der Waals surface area (Å²) >= 11 is 5.88. The third-order valence-electron chi connectivity index (χ3n) is 4.90. The van der Waals surface area contributed by atoms with Gasteiger partial charge >= 0.3 is 5.97 Å². The van der Waals surface area contributed by atoms with Gasteiger partial charge in [0.2, 0.25) is 11.7 Å². The molecule has 11 heteroatoms.